The van der Waals surface area contributed by atoms with Crippen molar-refractivity contribution in [3.63, 3.8) is 0 Å². The molecule has 0 rings (SSSR count). The predicted molar refractivity (Wildman–Crippen MR) is 82.3 cm³/mol. The number of carboxylic acid groups (broad SMARTS) is 1. The molecule has 0 saturated carbocycles. The molecule has 2 atom stereocenters. The number of hydrogen-bond acceptors (Lipinski definition) is 3. The molecule has 2 amide bonds. The van der Waals surface area contributed by atoms with Crippen molar-refractivity contribution in [2.75, 3.05) is 26.8 Å². The van der Waals surface area contributed by atoms with Crippen molar-refractivity contribution >= 4 is 12.0 Å². The third kappa shape index (κ3) is 11.1. The summed E-state index contributed by atoms with van der Waals surface area (Å²) in [6.45, 7) is 7.92. The largest absolute Gasteiger partial charge is 0.481 e. The Balaban J connectivity index is 3.87. The predicted octanol–water partition coefficient (Wildman–Crippen LogP) is 2.10. The Morgan fingerprint density at radius 3 is 2.33 bits per heavy atom. The highest BCUT2D eigenvalue weighted by Gasteiger charge is 2.15. The molecule has 6 heteroatoms. The summed E-state index contributed by atoms with van der Waals surface area (Å²) in [5, 5.41) is 14.3. The van der Waals surface area contributed by atoms with Crippen molar-refractivity contribution in [1.29, 1.82) is 0 Å². The summed E-state index contributed by atoms with van der Waals surface area (Å²) in [6.07, 6.45) is 1.64. The monoisotopic (exact) mass is 302 g/mol. The summed E-state index contributed by atoms with van der Waals surface area (Å²) in [7, 11) is 1.64. The number of amides is 2. The minimum atomic E-state index is -0.765. The second kappa shape index (κ2) is 11.4. The third-order valence-electron chi connectivity index (χ3n) is 3.53. The van der Waals surface area contributed by atoms with E-state index in [9.17, 15) is 9.59 Å². The summed E-state index contributed by atoms with van der Waals surface area (Å²) >= 11 is 0. The summed E-state index contributed by atoms with van der Waals surface area (Å²) in [4.78, 5) is 22.2. The van der Waals surface area contributed by atoms with E-state index in [0.717, 1.165) is 6.42 Å². The van der Waals surface area contributed by atoms with E-state index >= 15 is 0 Å². The first-order valence-corrected chi connectivity index (χ1v) is 7.59. The van der Waals surface area contributed by atoms with Crippen LogP contribution in [0.3, 0.4) is 0 Å². The van der Waals surface area contributed by atoms with Crippen molar-refractivity contribution in [2.45, 2.75) is 40.0 Å². The van der Waals surface area contributed by atoms with Gasteiger partial charge in [-0.1, -0.05) is 20.8 Å². The van der Waals surface area contributed by atoms with Crippen LogP contribution < -0.4 is 10.6 Å². The fraction of sp³-hybridized carbons (Fsp3) is 0.867. The zero-order chi connectivity index (χ0) is 16.3. The van der Waals surface area contributed by atoms with E-state index in [1.54, 1.807) is 7.11 Å². The summed E-state index contributed by atoms with van der Waals surface area (Å²) in [5.74, 6) is 0.239. The zero-order valence-corrected chi connectivity index (χ0v) is 13.6. The number of aliphatic carboxylic acids is 1. The molecule has 0 aliphatic heterocycles. The summed E-state index contributed by atoms with van der Waals surface area (Å²) < 4.78 is 5.00. The van der Waals surface area contributed by atoms with Gasteiger partial charge in [-0.25, -0.2) is 4.79 Å². The quantitative estimate of drug-likeness (QED) is 0.545. The first-order valence-electron chi connectivity index (χ1n) is 7.59. The lowest BCUT2D eigenvalue weighted by molar-refractivity contribution is -0.137. The van der Waals surface area contributed by atoms with Crippen LogP contribution in [0.4, 0.5) is 4.79 Å². The van der Waals surface area contributed by atoms with Crippen LogP contribution in [0.1, 0.15) is 40.0 Å². The van der Waals surface area contributed by atoms with Crippen LogP contribution >= 0.6 is 0 Å². The van der Waals surface area contributed by atoms with E-state index in [0.29, 0.717) is 38.0 Å². The second-order valence-corrected chi connectivity index (χ2v) is 5.92. The van der Waals surface area contributed by atoms with Crippen molar-refractivity contribution in [3.8, 4) is 0 Å². The maximum atomic E-state index is 11.6. The molecule has 0 fully saturated rings. The average Bonchev–Trinajstić information content (AvgIpc) is 2.40. The second-order valence-electron chi connectivity index (χ2n) is 5.92. The Labute approximate surface area is 127 Å². The van der Waals surface area contributed by atoms with Gasteiger partial charge in [0, 0.05) is 26.6 Å². The fourth-order valence-electron chi connectivity index (χ4n) is 2.16. The molecule has 0 aromatic heterocycles. The van der Waals surface area contributed by atoms with Gasteiger partial charge in [0.05, 0.1) is 6.61 Å². The lowest BCUT2D eigenvalue weighted by Gasteiger charge is -2.20. The molecule has 3 N–H and O–H groups in total. The van der Waals surface area contributed by atoms with Gasteiger partial charge in [-0.05, 0) is 30.6 Å². The van der Waals surface area contributed by atoms with Gasteiger partial charge < -0.3 is 20.5 Å². The van der Waals surface area contributed by atoms with E-state index in [4.69, 9.17) is 9.84 Å². The molecule has 0 radical (unpaired) electrons. The number of rotatable bonds is 11. The normalized spacial score (nSPS) is 13.8. The Kier molecular flexibility index (Phi) is 10.7. The lowest BCUT2D eigenvalue weighted by atomic mass is 9.88. The maximum absolute atomic E-state index is 11.6. The number of hydrogen-bond donors (Lipinski definition) is 3. The van der Waals surface area contributed by atoms with Gasteiger partial charge in [-0.2, -0.15) is 0 Å². The number of carboxylic acids is 1. The Morgan fingerprint density at radius 1 is 1.14 bits per heavy atom. The summed E-state index contributed by atoms with van der Waals surface area (Å²) in [6, 6.07) is -0.182. The minimum Gasteiger partial charge on any atom is -0.481 e. The molecule has 124 valence electrons. The molecule has 0 bridgehead atoms. The van der Waals surface area contributed by atoms with Gasteiger partial charge in [-0.15, -0.1) is 0 Å². The first kappa shape index (κ1) is 19.7. The molecule has 0 saturated heterocycles. The lowest BCUT2D eigenvalue weighted by Crippen LogP contribution is -2.39. The summed E-state index contributed by atoms with van der Waals surface area (Å²) in [5.41, 5.74) is 0. The third-order valence-corrected chi connectivity index (χ3v) is 3.53. The van der Waals surface area contributed by atoms with Crippen LogP contribution in [-0.2, 0) is 9.53 Å². The molecule has 21 heavy (non-hydrogen) atoms. The maximum Gasteiger partial charge on any atom is 0.314 e. The van der Waals surface area contributed by atoms with Gasteiger partial charge in [-0.3, -0.25) is 4.79 Å². The molecular weight excluding hydrogens is 272 g/mol. The van der Waals surface area contributed by atoms with E-state index in [1.807, 2.05) is 6.92 Å². The molecule has 0 aromatic rings. The van der Waals surface area contributed by atoms with E-state index in [-0.39, 0.29) is 18.4 Å². The Morgan fingerprint density at radius 2 is 1.81 bits per heavy atom. The van der Waals surface area contributed by atoms with Crippen LogP contribution in [-0.4, -0.2) is 43.9 Å². The molecule has 6 nitrogen and oxygen atoms in total. The molecule has 0 heterocycles. The number of nitrogens with one attached hydrogen (secondary N) is 2. The van der Waals surface area contributed by atoms with Gasteiger partial charge in [0.1, 0.15) is 0 Å². The molecule has 2 unspecified atom stereocenters. The average molecular weight is 302 g/mol. The zero-order valence-electron chi connectivity index (χ0n) is 13.6. The molecule has 0 aliphatic rings. The van der Waals surface area contributed by atoms with Crippen LogP contribution in [0, 0.1) is 17.8 Å². The van der Waals surface area contributed by atoms with E-state index < -0.39 is 5.97 Å². The van der Waals surface area contributed by atoms with E-state index in [2.05, 4.69) is 24.5 Å². The highest BCUT2D eigenvalue weighted by Crippen LogP contribution is 2.20. The highest BCUT2D eigenvalue weighted by atomic mass is 16.5. The standard InChI is InChI=1S/C15H30N2O4/c1-11(2)13(5-6-14(18)19)7-8-16-15(20)17-9-12(3)10-21-4/h11-13H,5-10H2,1-4H3,(H,18,19)(H2,16,17,20). The van der Waals surface area contributed by atoms with Crippen molar-refractivity contribution < 1.29 is 19.4 Å². The van der Waals surface area contributed by atoms with Gasteiger partial charge in [0.25, 0.3) is 0 Å². The van der Waals surface area contributed by atoms with Crippen LogP contribution in [0.5, 0.6) is 0 Å². The van der Waals surface area contributed by atoms with Crippen molar-refractivity contribution in [2.24, 2.45) is 17.8 Å². The number of ether oxygens (including phenoxy) is 1. The SMILES string of the molecule is COCC(C)CNC(=O)NCCC(CCC(=O)O)C(C)C. The van der Waals surface area contributed by atoms with Crippen LogP contribution in [0.25, 0.3) is 0 Å². The molecule has 0 spiro atoms. The molecule has 0 aliphatic carbocycles. The minimum absolute atomic E-state index is 0.182. The number of methoxy groups -OCH3 is 1. The number of urea groups is 1. The van der Waals surface area contributed by atoms with Crippen molar-refractivity contribution in [1.82, 2.24) is 10.6 Å². The fourth-order valence-corrected chi connectivity index (χ4v) is 2.16. The van der Waals surface area contributed by atoms with E-state index in [1.165, 1.54) is 0 Å². The first-order chi connectivity index (χ1) is 9.86. The number of carbonyl (C=O) groups is 2. The van der Waals surface area contributed by atoms with Crippen LogP contribution in [0.2, 0.25) is 0 Å². The molecule has 0 aromatic carbocycles. The van der Waals surface area contributed by atoms with Gasteiger partial charge in [0.15, 0.2) is 0 Å². The van der Waals surface area contributed by atoms with Crippen LogP contribution in [0.15, 0.2) is 0 Å². The van der Waals surface area contributed by atoms with Crippen molar-refractivity contribution in [3.05, 3.63) is 0 Å². The highest BCUT2D eigenvalue weighted by molar-refractivity contribution is 5.73. The van der Waals surface area contributed by atoms with Gasteiger partial charge in [0.2, 0.25) is 0 Å². The Bertz CT molecular complexity index is 308. The van der Waals surface area contributed by atoms with Gasteiger partial charge >= 0.3 is 12.0 Å². The Hall–Kier alpha value is -1.30. The smallest absolute Gasteiger partial charge is 0.314 e. The number of carbonyl (C=O) groups excluding carboxylic acids is 1. The molecular formula is C15H30N2O4. The topological polar surface area (TPSA) is 87.7 Å².